The summed E-state index contributed by atoms with van der Waals surface area (Å²) in [6.07, 6.45) is 0. The first-order valence-corrected chi connectivity index (χ1v) is 24.5. The van der Waals surface area contributed by atoms with E-state index in [1.54, 1.807) is 0 Å². The van der Waals surface area contributed by atoms with Gasteiger partial charge in [0.15, 0.2) is 0 Å². The smallest absolute Gasteiger partial charge is 0.321 e. The van der Waals surface area contributed by atoms with E-state index in [-0.39, 0.29) is 0 Å². The van der Waals surface area contributed by atoms with Crippen molar-refractivity contribution >= 4 is 63.9 Å². The SMILES string of the molecule is C[Si](OP(=O)(O[Si](C)(c1ccccc1)c1ccccc1)O[Si](C)(c1ccccc1)c1ccccc1)(c1ccccc1)c1ccccc1. The van der Waals surface area contributed by atoms with Gasteiger partial charge in [-0.2, -0.15) is 0 Å². The molecular weight excluding hydrogens is 648 g/mol. The zero-order valence-electron chi connectivity index (χ0n) is 26.9. The van der Waals surface area contributed by atoms with Gasteiger partial charge in [-0.15, -0.1) is 0 Å². The van der Waals surface area contributed by atoms with Crippen molar-refractivity contribution < 1.29 is 17.2 Å². The molecule has 0 bridgehead atoms. The molecule has 0 fully saturated rings. The molecule has 0 spiro atoms. The van der Waals surface area contributed by atoms with Crippen LogP contribution in [0.5, 0.6) is 0 Å². The van der Waals surface area contributed by atoms with Gasteiger partial charge < -0.3 is 12.6 Å². The molecule has 0 aromatic heterocycles. The lowest BCUT2D eigenvalue weighted by atomic mass is 10.4. The Hall–Kier alpha value is -3.92. The maximum atomic E-state index is 16.1. The maximum Gasteiger partial charge on any atom is 0.446 e. The van der Waals surface area contributed by atoms with Crippen molar-refractivity contribution in [3.63, 3.8) is 0 Å². The minimum atomic E-state index is -4.39. The molecule has 6 aromatic carbocycles. The second-order valence-corrected chi connectivity index (χ2v) is 24.8. The van der Waals surface area contributed by atoms with Gasteiger partial charge in [-0.25, -0.2) is 4.57 Å². The molecule has 0 aliphatic carbocycles. The minimum Gasteiger partial charge on any atom is -0.321 e. The van der Waals surface area contributed by atoms with E-state index in [9.17, 15) is 0 Å². The van der Waals surface area contributed by atoms with Crippen LogP contribution in [0.25, 0.3) is 0 Å². The van der Waals surface area contributed by atoms with Gasteiger partial charge in [0.25, 0.3) is 25.0 Å². The van der Waals surface area contributed by atoms with Crippen LogP contribution >= 0.6 is 7.82 Å². The Balaban J connectivity index is 1.58. The molecule has 0 saturated heterocycles. The Morgan fingerprint density at radius 2 is 0.468 bits per heavy atom. The number of hydrogen-bond donors (Lipinski definition) is 0. The van der Waals surface area contributed by atoms with Gasteiger partial charge >= 0.3 is 7.82 Å². The van der Waals surface area contributed by atoms with Crippen LogP contribution in [0.15, 0.2) is 182 Å². The predicted octanol–water partition coefficient (Wildman–Crippen LogP) is 6.31. The lowest BCUT2D eigenvalue weighted by molar-refractivity contribution is 0.300. The third kappa shape index (κ3) is 7.03. The predicted molar refractivity (Wildman–Crippen MR) is 202 cm³/mol. The maximum absolute atomic E-state index is 16.1. The van der Waals surface area contributed by atoms with Crippen molar-refractivity contribution in [1.29, 1.82) is 0 Å². The fourth-order valence-electron chi connectivity index (χ4n) is 6.08. The highest BCUT2D eigenvalue weighted by atomic mass is 31.2. The number of hydrogen-bond acceptors (Lipinski definition) is 4. The summed E-state index contributed by atoms with van der Waals surface area (Å²) in [6, 6.07) is 60.6. The van der Waals surface area contributed by atoms with Crippen LogP contribution in [0.3, 0.4) is 0 Å². The molecule has 0 aliphatic rings. The van der Waals surface area contributed by atoms with Crippen molar-refractivity contribution in [2.24, 2.45) is 0 Å². The molecule has 0 radical (unpaired) electrons. The van der Waals surface area contributed by atoms with Gasteiger partial charge in [0.1, 0.15) is 0 Å². The topological polar surface area (TPSA) is 44.8 Å². The van der Waals surface area contributed by atoms with Crippen molar-refractivity contribution in [3.8, 4) is 0 Å². The number of rotatable bonds is 12. The van der Waals surface area contributed by atoms with Gasteiger partial charge in [-0.05, 0) is 50.8 Å². The van der Waals surface area contributed by atoms with Gasteiger partial charge in [0.05, 0.1) is 0 Å². The van der Waals surface area contributed by atoms with Crippen LogP contribution in [0, 0.1) is 0 Å². The first-order chi connectivity index (χ1) is 22.8. The molecule has 0 unspecified atom stereocenters. The molecule has 0 N–H and O–H groups in total. The van der Waals surface area contributed by atoms with Gasteiger partial charge in [0.2, 0.25) is 0 Å². The summed E-state index contributed by atoms with van der Waals surface area (Å²) < 4.78 is 37.7. The quantitative estimate of drug-likeness (QED) is 0.112. The number of benzene rings is 6. The first kappa shape index (κ1) is 33.0. The van der Waals surface area contributed by atoms with E-state index in [1.807, 2.05) is 109 Å². The third-order valence-electron chi connectivity index (χ3n) is 8.83. The molecule has 0 heterocycles. The zero-order valence-corrected chi connectivity index (χ0v) is 30.8. The van der Waals surface area contributed by atoms with E-state index in [0.717, 1.165) is 31.1 Å². The van der Waals surface area contributed by atoms with Crippen molar-refractivity contribution in [1.82, 2.24) is 0 Å². The highest BCUT2D eigenvalue weighted by Gasteiger charge is 2.53. The molecule has 0 amide bonds. The Labute approximate surface area is 281 Å². The highest BCUT2D eigenvalue weighted by molar-refractivity contribution is 7.55. The van der Waals surface area contributed by atoms with Gasteiger partial charge in [-0.3, -0.25) is 0 Å². The van der Waals surface area contributed by atoms with E-state index in [0.29, 0.717) is 0 Å². The van der Waals surface area contributed by atoms with E-state index in [4.69, 9.17) is 12.6 Å². The van der Waals surface area contributed by atoms with Crippen LogP contribution in [-0.4, -0.2) is 25.0 Å². The summed E-state index contributed by atoms with van der Waals surface area (Å²) in [4.78, 5) is 0. The van der Waals surface area contributed by atoms with Gasteiger partial charge in [-0.1, -0.05) is 182 Å². The van der Waals surface area contributed by atoms with Crippen LogP contribution in [0.1, 0.15) is 0 Å². The molecule has 8 heteroatoms. The Morgan fingerprint density at radius 3 is 0.617 bits per heavy atom. The summed E-state index contributed by atoms with van der Waals surface area (Å²) in [5, 5.41) is 5.86. The van der Waals surface area contributed by atoms with E-state index >= 15 is 4.57 Å². The normalized spacial score (nSPS) is 12.5. The lowest BCUT2D eigenvalue weighted by Gasteiger charge is -2.40. The van der Waals surface area contributed by atoms with Crippen LogP contribution in [0.2, 0.25) is 19.6 Å². The lowest BCUT2D eigenvalue weighted by Crippen LogP contribution is -2.63. The van der Waals surface area contributed by atoms with E-state index < -0.39 is 32.8 Å². The molecule has 236 valence electrons. The second kappa shape index (κ2) is 14.1. The standard InChI is InChI=1S/C39H39O4PSi3/c1-45(34-22-10-4-11-23-34,35-24-12-5-13-25-35)41-44(40,42-46(2,36-26-14-6-15-27-36)37-28-16-7-17-29-37)43-47(3,38-30-18-8-19-31-38)39-32-20-9-21-33-39/h4-33H,1-3H3. The van der Waals surface area contributed by atoms with Crippen molar-refractivity contribution in [3.05, 3.63) is 182 Å². The molecular formula is C39H39O4PSi3. The largest absolute Gasteiger partial charge is 0.446 e. The summed E-state index contributed by atoms with van der Waals surface area (Å²) in [6.45, 7) is 6.26. The molecule has 0 saturated carbocycles. The average Bonchev–Trinajstić information content (AvgIpc) is 3.13. The molecule has 6 rings (SSSR count). The van der Waals surface area contributed by atoms with E-state index in [2.05, 4.69) is 92.4 Å². The van der Waals surface area contributed by atoms with Crippen molar-refractivity contribution in [2.75, 3.05) is 0 Å². The van der Waals surface area contributed by atoms with Crippen LogP contribution in [0.4, 0.5) is 0 Å². The summed E-state index contributed by atoms with van der Waals surface area (Å²) >= 11 is 0. The monoisotopic (exact) mass is 686 g/mol. The fourth-order valence-corrected chi connectivity index (χ4v) is 21.4. The zero-order chi connectivity index (χ0) is 32.8. The fraction of sp³-hybridized carbons (Fsp3) is 0.0769. The summed E-state index contributed by atoms with van der Waals surface area (Å²) in [5.74, 6) is 0. The van der Waals surface area contributed by atoms with E-state index in [1.165, 1.54) is 0 Å². The van der Waals surface area contributed by atoms with Gasteiger partial charge in [0, 0.05) is 0 Å². The van der Waals surface area contributed by atoms with Crippen LogP contribution in [-0.2, 0) is 17.2 Å². The second-order valence-electron chi connectivity index (χ2n) is 12.0. The minimum absolute atomic E-state index is 0.976. The number of phosphoric acid groups is 1. The Bertz CT molecular complexity index is 1570. The van der Waals surface area contributed by atoms with Crippen molar-refractivity contribution in [2.45, 2.75) is 19.6 Å². The molecule has 4 nitrogen and oxygen atoms in total. The Kier molecular flexibility index (Phi) is 9.87. The van der Waals surface area contributed by atoms with Crippen LogP contribution < -0.4 is 31.1 Å². The highest BCUT2D eigenvalue weighted by Crippen LogP contribution is 2.55. The molecule has 0 aliphatic heterocycles. The summed E-state index contributed by atoms with van der Waals surface area (Å²) in [7, 11) is -14.0. The third-order valence-corrected chi connectivity index (χ3v) is 24.5. The molecule has 6 aromatic rings. The average molecular weight is 687 g/mol. The molecule has 47 heavy (non-hydrogen) atoms. The Morgan fingerprint density at radius 1 is 0.319 bits per heavy atom. The summed E-state index contributed by atoms with van der Waals surface area (Å²) in [5.41, 5.74) is 0. The molecule has 0 atom stereocenters. The first-order valence-electron chi connectivity index (χ1n) is 15.8.